The quantitative estimate of drug-likeness (QED) is 0.162. The van der Waals surface area contributed by atoms with Crippen molar-refractivity contribution in [1.29, 1.82) is 0 Å². The van der Waals surface area contributed by atoms with Gasteiger partial charge < -0.3 is 25.4 Å². The molecule has 210 valence electrons. The Balaban J connectivity index is 1.58. The molecule has 2 heterocycles. The van der Waals surface area contributed by atoms with E-state index in [2.05, 4.69) is 32.5 Å². The number of ketones is 1. The molecule has 2 aromatic carbocycles. The molecule has 5 rings (SSSR count). The van der Waals surface area contributed by atoms with Gasteiger partial charge in [-0.2, -0.15) is 0 Å². The van der Waals surface area contributed by atoms with E-state index < -0.39 is 23.0 Å². The summed E-state index contributed by atoms with van der Waals surface area (Å²) in [5, 5.41) is 10.5. The number of carbonyl (C=O) groups is 2. The first-order chi connectivity index (χ1) is 19.7. The molecule has 0 radical (unpaired) electrons. The van der Waals surface area contributed by atoms with E-state index in [1.165, 1.54) is 32.6 Å². The van der Waals surface area contributed by atoms with Gasteiger partial charge in [0.2, 0.25) is 11.7 Å². The number of ether oxygens (including phenoxy) is 2. The molecule has 1 fully saturated rings. The molecule has 11 heteroatoms. The molecule has 0 saturated heterocycles. The predicted octanol–water partition coefficient (Wildman–Crippen LogP) is 5.91. The fourth-order valence-corrected chi connectivity index (χ4v) is 4.32. The Morgan fingerprint density at radius 3 is 2.41 bits per heavy atom. The van der Waals surface area contributed by atoms with Crippen molar-refractivity contribution in [1.82, 2.24) is 9.97 Å². The number of nitrogens with one attached hydrogen (secondary N) is 3. The van der Waals surface area contributed by atoms with Crippen LogP contribution in [0.1, 0.15) is 34.5 Å². The van der Waals surface area contributed by atoms with E-state index in [-0.39, 0.29) is 29.1 Å². The molecule has 9 nitrogen and oxygen atoms in total. The van der Waals surface area contributed by atoms with Crippen molar-refractivity contribution in [2.75, 3.05) is 30.2 Å². The van der Waals surface area contributed by atoms with E-state index in [1.54, 1.807) is 12.1 Å². The number of benzene rings is 2. The van der Waals surface area contributed by atoms with Crippen LogP contribution >= 0.6 is 0 Å². The molecule has 0 spiro atoms. The Hall–Kier alpha value is -5.06. The van der Waals surface area contributed by atoms with Crippen LogP contribution in [0.15, 0.2) is 55.3 Å². The van der Waals surface area contributed by atoms with Gasteiger partial charge in [-0.25, -0.2) is 18.7 Å². The van der Waals surface area contributed by atoms with Crippen LogP contribution in [-0.4, -0.2) is 41.9 Å². The highest BCUT2D eigenvalue weighted by molar-refractivity contribution is 6.11. The van der Waals surface area contributed by atoms with Gasteiger partial charge in [0.15, 0.2) is 23.1 Å². The number of carbonyl (C=O) groups excluding carboxylic acids is 2. The number of hydrogen-bond acceptors (Lipinski definition) is 8. The number of aryl methyl sites for hydroxylation is 1. The van der Waals surface area contributed by atoms with Gasteiger partial charge in [-0.1, -0.05) is 18.7 Å². The standard InChI is InChI=1S/C30H27F2N5O4/c1-5-24(38)35-19-8-6-7-15(2)28(19)37-23-12-18-16(14-33-23)11-20(36-30(18)34-17-9-10-17)29(39)25-26(31)21(40-3)13-22(41-4)27(25)32/h5-8,11-14,17H,1,9-10H2,2-4H3,(H,33,37)(H,34,36)(H,35,38). The number of nitrogens with zero attached hydrogens (tertiary/aromatic N) is 2. The largest absolute Gasteiger partial charge is 0.494 e. The van der Waals surface area contributed by atoms with Gasteiger partial charge in [0.05, 0.1) is 25.6 Å². The molecule has 0 atom stereocenters. The predicted molar refractivity (Wildman–Crippen MR) is 152 cm³/mol. The van der Waals surface area contributed by atoms with Crippen LogP contribution in [0.4, 0.5) is 31.8 Å². The van der Waals surface area contributed by atoms with Crippen LogP contribution in [-0.2, 0) is 4.79 Å². The molecule has 1 amide bonds. The molecule has 4 aromatic rings. The van der Waals surface area contributed by atoms with Crippen LogP contribution in [0.3, 0.4) is 0 Å². The number of hydrogen-bond donors (Lipinski definition) is 3. The highest BCUT2D eigenvalue weighted by atomic mass is 19.1. The Morgan fingerprint density at radius 2 is 1.78 bits per heavy atom. The molecular formula is C30H27F2N5O4. The van der Waals surface area contributed by atoms with Gasteiger partial charge in [0.1, 0.15) is 22.9 Å². The molecule has 1 saturated carbocycles. The number of methoxy groups -OCH3 is 2. The summed E-state index contributed by atoms with van der Waals surface area (Å²) in [5.41, 5.74) is 1.05. The van der Waals surface area contributed by atoms with Gasteiger partial charge in [-0.05, 0) is 49.6 Å². The van der Waals surface area contributed by atoms with E-state index in [9.17, 15) is 9.59 Å². The van der Waals surface area contributed by atoms with Crippen molar-refractivity contribution in [2.45, 2.75) is 25.8 Å². The van der Waals surface area contributed by atoms with Crippen molar-refractivity contribution in [3.63, 3.8) is 0 Å². The molecule has 1 aliphatic carbocycles. The summed E-state index contributed by atoms with van der Waals surface area (Å²) in [6.07, 6.45) is 4.56. The second-order valence-electron chi connectivity index (χ2n) is 9.49. The first-order valence-corrected chi connectivity index (χ1v) is 12.8. The van der Waals surface area contributed by atoms with E-state index in [1.807, 2.05) is 19.1 Å². The SMILES string of the molecule is C=CC(=O)Nc1cccc(C)c1Nc1cc2c(NC3CC3)nc(C(=O)c3c(F)c(OC)cc(OC)c3F)cc2cn1. The van der Waals surface area contributed by atoms with Crippen LogP contribution in [0.5, 0.6) is 11.5 Å². The maximum atomic E-state index is 15.1. The summed E-state index contributed by atoms with van der Waals surface area (Å²) in [5.74, 6) is -3.46. The lowest BCUT2D eigenvalue weighted by Crippen LogP contribution is -2.14. The van der Waals surface area contributed by atoms with E-state index in [0.717, 1.165) is 24.5 Å². The molecule has 0 bridgehead atoms. The number of anilines is 4. The fraction of sp³-hybridized carbons (Fsp3) is 0.200. The molecular weight excluding hydrogens is 532 g/mol. The number of pyridine rings is 2. The highest BCUT2D eigenvalue weighted by Crippen LogP contribution is 2.36. The van der Waals surface area contributed by atoms with Crippen molar-refractivity contribution >= 4 is 45.5 Å². The zero-order chi connectivity index (χ0) is 29.3. The number of halogens is 2. The van der Waals surface area contributed by atoms with Crippen molar-refractivity contribution < 1.29 is 27.8 Å². The monoisotopic (exact) mass is 559 g/mol. The molecule has 0 aliphatic heterocycles. The van der Waals surface area contributed by atoms with Gasteiger partial charge in [0.25, 0.3) is 0 Å². The molecule has 2 aromatic heterocycles. The minimum absolute atomic E-state index is 0.156. The summed E-state index contributed by atoms with van der Waals surface area (Å²) in [7, 11) is 2.42. The third-order valence-electron chi connectivity index (χ3n) is 6.64. The van der Waals surface area contributed by atoms with E-state index >= 15 is 8.78 Å². The second-order valence-corrected chi connectivity index (χ2v) is 9.49. The summed E-state index contributed by atoms with van der Waals surface area (Å²) >= 11 is 0. The van der Waals surface area contributed by atoms with Crippen LogP contribution < -0.4 is 25.4 Å². The normalized spacial score (nSPS) is 12.5. The maximum absolute atomic E-state index is 15.1. The first kappa shape index (κ1) is 27.5. The lowest BCUT2D eigenvalue weighted by molar-refractivity contribution is -0.111. The van der Waals surface area contributed by atoms with Crippen molar-refractivity contribution in [2.24, 2.45) is 0 Å². The minimum atomic E-state index is -1.15. The average molecular weight is 560 g/mol. The Bertz CT molecular complexity index is 1680. The van der Waals surface area contributed by atoms with Gasteiger partial charge in [0, 0.05) is 29.1 Å². The summed E-state index contributed by atoms with van der Waals surface area (Å²) in [6, 6.07) is 9.83. The number of para-hydroxylation sites is 1. The second kappa shape index (κ2) is 11.2. The average Bonchev–Trinajstić information content (AvgIpc) is 3.79. The number of fused-ring (bicyclic) bond motifs is 1. The number of amides is 1. The Morgan fingerprint density at radius 1 is 1.07 bits per heavy atom. The van der Waals surface area contributed by atoms with Crippen molar-refractivity contribution in [3.05, 3.63) is 83.7 Å². The lowest BCUT2D eigenvalue weighted by atomic mass is 10.0. The minimum Gasteiger partial charge on any atom is -0.494 e. The lowest BCUT2D eigenvalue weighted by Gasteiger charge is -2.16. The molecule has 3 N–H and O–H groups in total. The Kier molecular flexibility index (Phi) is 7.52. The topological polar surface area (TPSA) is 114 Å². The van der Waals surface area contributed by atoms with Gasteiger partial charge in [-0.3, -0.25) is 9.59 Å². The summed E-state index contributed by atoms with van der Waals surface area (Å²) in [6.45, 7) is 5.38. The van der Waals surface area contributed by atoms with Crippen LogP contribution in [0, 0.1) is 18.6 Å². The molecule has 1 aliphatic rings. The summed E-state index contributed by atoms with van der Waals surface area (Å²) in [4.78, 5) is 34.4. The molecule has 41 heavy (non-hydrogen) atoms. The zero-order valence-corrected chi connectivity index (χ0v) is 22.6. The zero-order valence-electron chi connectivity index (χ0n) is 22.6. The van der Waals surface area contributed by atoms with Gasteiger partial charge >= 0.3 is 0 Å². The third kappa shape index (κ3) is 5.51. The Labute approximate surface area is 234 Å². The molecule has 0 unspecified atom stereocenters. The number of rotatable bonds is 10. The van der Waals surface area contributed by atoms with Gasteiger partial charge in [-0.15, -0.1) is 0 Å². The first-order valence-electron chi connectivity index (χ1n) is 12.8. The highest BCUT2D eigenvalue weighted by Gasteiger charge is 2.29. The third-order valence-corrected chi connectivity index (χ3v) is 6.64. The van der Waals surface area contributed by atoms with Crippen LogP contribution in [0.25, 0.3) is 10.8 Å². The van der Waals surface area contributed by atoms with Crippen molar-refractivity contribution in [3.8, 4) is 11.5 Å². The number of aromatic nitrogens is 2. The maximum Gasteiger partial charge on any atom is 0.247 e. The van der Waals surface area contributed by atoms with E-state index in [0.29, 0.717) is 33.8 Å². The van der Waals surface area contributed by atoms with E-state index in [4.69, 9.17) is 9.47 Å². The fourth-order valence-electron chi connectivity index (χ4n) is 4.32. The smallest absolute Gasteiger partial charge is 0.247 e. The van der Waals surface area contributed by atoms with Crippen LogP contribution in [0.2, 0.25) is 0 Å². The summed E-state index contributed by atoms with van der Waals surface area (Å²) < 4.78 is 40.2.